The Morgan fingerprint density at radius 2 is 1.41 bits per heavy atom. The standard InChI is InChI=1S/C32H33F8N3O3/c1-3-20-5-4-6-21(9-20)15-41-16-28(44)27(12-22-10-25(33)14-26(34)11-22)42-29(45)23-7-19(2)8-24(13-23)30(46)43(17-31(35,36)37)18-32(38,39)40/h4-11,13-14,27-28,41,44H,3,12,15-18H2,1-2H3,(H,42,45)/t27-,28+/m0/s1. The molecule has 0 saturated carbocycles. The number of aliphatic hydroxyl groups is 1. The van der Waals surface area contributed by atoms with Gasteiger partial charge in [0.25, 0.3) is 11.8 Å². The quantitative estimate of drug-likeness (QED) is 0.200. The molecule has 0 spiro atoms. The Bertz CT molecular complexity index is 1470. The average Bonchev–Trinajstić information content (AvgIpc) is 2.93. The number of hydrogen-bond donors (Lipinski definition) is 3. The summed E-state index contributed by atoms with van der Waals surface area (Å²) in [4.78, 5) is 25.7. The van der Waals surface area contributed by atoms with E-state index >= 15 is 0 Å². The number of carbonyl (C=O) groups is 2. The molecule has 0 aliphatic carbocycles. The molecule has 0 heterocycles. The molecule has 0 bridgehead atoms. The second kappa shape index (κ2) is 15.5. The highest BCUT2D eigenvalue weighted by molar-refractivity contribution is 6.00. The number of alkyl halides is 6. The number of nitrogens with one attached hydrogen (secondary N) is 2. The molecular weight excluding hydrogens is 626 g/mol. The van der Waals surface area contributed by atoms with Crippen LogP contribution in [-0.2, 0) is 19.4 Å². The van der Waals surface area contributed by atoms with Gasteiger partial charge in [-0.3, -0.25) is 9.59 Å². The number of aryl methyl sites for hydroxylation is 2. The van der Waals surface area contributed by atoms with Gasteiger partial charge in [-0.2, -0.15) is 26.3 Å². The Labute approximate surface area is 260 Å². The zero-order chi connectivity index (χ0) is 34.2. The second-order valence-corrected chi connectivity index (χ2v) is 10.9. The Morgan fingerprint density at radius 1 is 0.826 bits per heavy atom. The van der Waals surface area contributed by atoms with Gasteiger partial charge >= 0.3 is 12.4 Å². The van der Waals surface area contributed by atoms with Gasteiger partial charge in [0.2, 0.25) is 0 Å². The van der Waals surface area contributed by atoms with Crippen molar-refractivity contribution in [3.05, 3.63) is 106 Å². The molecule has 0 aliphatic heterocycles. The number of benzene rings is 3. The van der Waals surface area contributed by atoms with Crippen molar-refractivity contribution in [1.82, 2.24) is 15.5 Å². The summed E-state index contributed by atoms with van der Waals surface area (Å²) in [5, 5.41) is 16.6. The van der Waals surface area contributed by atoms with E-state index in [-0.39, 0.29) is 29.7 Å². The first-order valence-corrected chi connectivity index (χ1v) is 14.2. The largest absolute Gasteiger partial charge is 0.406 e. The second-order valence-electron chi connectivity index (χ2n) is 10.9. The van der Waals surface area contributed by atoms with E-state index < -0.39 is 71.5 Å². The van der Waals surface area contributed by atoms with E-state index in [0.29, 0.717) is 12.6 Å². The van der Waals surface area contributed by atoms with Crippen molar-refractivity contribution in [1.29, 1.82) is 0 Å². The van der Waals surface area contributed by atoms with Crippen LogP contribution in [0.15, 0.2) is 60.7 Å². The Balaban J connectivity index is 1.85. The van der Waals surface area contributed by atoms with Gasteiger partial charge in [0.1, 0.15) is 24.7 Å². The number of halogens is 8. The monoisotopic (exact) mass is 659 g/mol. The first-order valence-electron chi connectivity index (χ1n) is 14.2. The summed E-state index contributed by atoms with van der Waals surface area (Å²) in [6.07, 6.45) is -11.0. The molecule has 250 valence electrons. The summed E-state index contributed by atoms with van der Waals surface area (Å²) in [6, 6.07) is 12.3. The van der Waals surface area contributed by atoms with Crippen LogP contribution in [0.2, 0.25) is 0 Å². The molecule has 0 fully saturated rings. The van der Waals surface area contributed by atoms with Crippen molar-refractivity contribution in [2.45, 2.75) is 57.7 Å². The molecule has 3 rings (SSSR count). The van der Waals surface area contributed by atoms with Gasteiger partial charge in [-0.15, -0.1) is 0 Å². The lowest BCUT2D eigenvalue weighted by Crippen LogP contribution is -2.48. The number of rotatable bonds is 13. The van der Waals surface area contributed by atoms with Crippen LogP contribution in [0.5, 0.6) is 0 Å². The van der Waals surface area contributed by atoms with Crippen LogP contribution in [0.4, 0.5) is 35.1 Å². The van der Waals surface area contributed by atoms with Crippen LogP contribution in [-0.4, -0.2) is 66.0 Å². The minimum absolute atomic E-state index is 0.0828. The lowest BCUT2D eigenvalue weighted by atomic mass is 9.99. The zero-order valence-corrected chi connectivity index (χ0v) is 24.9. The predicted molar refractivity (Wildman–Crippen MR) is 154 cm³/mol. The predicted octanol–water partition coefficient (Wildman–Crippen LogP) is 5.89. The van der Waals surface area contributed by atoms with Gasteiger partial charge in [0, 0.05) is 30.3 Å². The van der Waals surface area contributed by atoms with Crippen molar-refractivity contribution in [2.24, 2.45) is 0 Å². The van der Waals surface area contributed by atoms with Crippen LogP contribution in [0.3, 0.4) is 0 Å². The highest BCUT2D eigenvalue weighted by Gasteiger charge is 2.40. The third-order valence-corrected chi connectivity index (χ3v) is 6.86. The smallest absolute Gasteiger partial charge is 0.390 e. The summed E-state index contributed by atoms with van der Waals surface area (Å²) in [5.41, 5.74) is 1.38. The fourth-order valence-electron chi connectivity index (χ4n) is 4.84. The van der Waals surface area contributed by atoms with Gasteiger partial charge in [0.15, 0.2) is 0 Å². The average molecular weight is 660 g/mol. The normalized spacial score (nSPS) is 13.3. The zero-order valence-electron chi connectivity index (χ0n) is 24.9. The maximum Gasteiger partial charge on any atom is 0.406 e. The fourth-order valence-corrected chi connectivity index (χ4v) is 4.84. The number of nitrogens with zero attached hydrogens (tertiary/aromatic N) is 1. The molecule has 0 aromatic heterocycles. The van der Waals surface area contributed by atoms with Gasteiger partial charge < -0.3 is 20.6 Å². The minimum Gasteiger partial charge on any atom is -0.390 e. The molecule has 6 nitrogen and oxygen atoms in total. The topological polar surface area (TPSA) is 81.7 Å². The van der Waals surface area contributed by atoms with E-state index in [4.69, 9.17) is 0 Å². The molecule has 0 unspecified atom stereocenters. The van der Waals surface area contributed by atoms with Crippen LogP contribution >= 0.6 is 0 Å². The van der Waals surface area contributed by atoms with Crippen molar-refractivity contribution in [2.75, 3.05) is 19.6 Å². The molecule has 0 saturated heterocycles. The summed E-state index contributed by atoms with van der Waals surface area (Å²) in [5.74, 6) is -4.33. The molecule has 3 aromatic rings. The first-order chi connectivity index (χ1) is 21.4. The van der Waals surface area contributed by atoms with Gasteiger partial charge in [-0.1, -0.05) is 31.2 Å². The fraction of sp³-hybridized carbons (Fsp3) is 0.375. The summed E-state index contributed by atoms with van der Waals surface area (Å²) in [6.45, 7) is -0.710. The number of aliphatic hydroxyl groups excluding tert-OH is 1. The summed E-state index contributed by atoms with van der Waals surface area (Å²) in [7, 11) is 0. The number of carbonyl (C=O) groups excluding carboxylic acids is 2. The van der Waals surface area contributed by atoms with E-state index in [0.717, 1.165) is 41.8 Å². The lowest BCUT2D eigenvalue weighted by Gasteiger charge is -2.26. The highest BCUT2D eigenvalue weighted by atomic mass is 19.4. The number of amides is 2. The van der Waals surface area contributed by atoms with Crippen molar-refractivity contribution in [3.63, 3.8) is 0 Å². The molecular formula is C32H33F8N3O3. The van der Waals surface area contributed by atoms with Gasteiger partial charge in [-0.25, -0.2) is 8.78 Å². The first kappa shape index (κ1) is 36.4. The van der Waals surface area contributed by atoms with Crippen molar-refractivity contribution < 1.29 is 49.8 Å². The summed E-state index contributed by atoms with van der Waals surface area (Å²) >= 11 is 0. The third-order valence-electron chi connectivity index (χ3n) is 6.86. The van der Waals surface area contributed by atoms with Crippen molar-refractivity contribution >= 4 is 11.8 Å². The SMILES string of the molecule is CCc1cccc(CNC[C@@H](O)[C@H](Cc2cc(F)cc(F)c2)NC(=O)c2cc(C)cc(C(=O)N(CC(F)(F)F)CC(F)(F)F)c2)c1. The molecule has 46 heavy (non-hydrogen) atoms. The van der Waals surface area contributed by atoms with E-state index in [2.05, 4.69) is 10.6 Å². The maximum absolute atomic E-state index is 13.9. The minimum atomic E-state index is -5.13. The molecule has 0 radical (unpaired) electrons. The third kappa shape index (κ3) is 11.7. The van der Waals surface area contributed by atoms with E-state index in [1.807, 2.05) is 31.2 Å². The van der Waals surface area contributed by atoms with Gasteiger partial charge in [-0.05, 0) is 72.4 Å². The Hall–Kier alpha value is -4.04. The van der Waals surface area contributed by atoms with Gasteiger partial charge in [0.05, 0.1) is 12.1 Å². The van der Waals surface area contributed by atoms with Crippen LogP contribution in [0, 0.1) is 18.6 Å². The van der Waals surface area contributed by atoms with Crippen molar-refractivity contribution in [3.8, 4) is 0 Å². The summed E-state index contributed by atoms with van der Waals surface area (Å²) < 4.78 is 106. The van der Waals surface area contributed by atoms with E-state index in [9.17, 15) is 49.8 Å². The van der Waals surface area contributed by atoms with E-state index in [1.165, 1.54) is 13.0 Å². The van der Waals surface area contributed by atoms with Crippen LogP contribution in [0.25, 0.3) is 0 Å². The Kier molecular flexibility index (Phi) is 12.3. The molecule has 3 N–H and O–H groups in total. The number of hydrogen-bond acceptors (Lipinski definition) is 4. The van der Waals surface area contributed by atoms with E-state index in [1.54, 1.807) is 0 Å². The van der Waals surface area contributed by atoms with Crippen LogP contribution < -0.4 is 10.6 Å². The molecule has 3 aromatic carbocycles. The molecule has 2 amide bonds. The molecule has 14 heteroatoms. The highest BCUT2D eigenvalue weighted by Crippen LogP contribution is 2.24. The maximum atomic E-state index is 13.9. The van der Waals surface area contributed by atoms with Crippen LogP contribution in [0.1, 0.15) is 49.9 Å². The molecule has 0 aliphatic rings. The molecule has 2 atom stereocenters. The Morgan fingerprint density at radius 3 is 2.00 bits per heavy atom. The lowest BCUT2D eigenvalue weighted by molar-refractivity contribution is -0.171.